The van der Waals surface area contributed by atoms with Crippen molar-refractivity contribution in [2.45, 2.75) is 64.8 Å². The first-order valence-corrected chi connectivity index (χ1v) is 8.23. The summed E-state index contributed by atoms with van der Waals surface area (Å²) in [5.41, 5.74) is 6.18. The number of hydrogen-bond donors (Lipinski definition) is 3. The van der Waals surface area contributed by atoms with Gasteiger partial charge in [-0.15, -0.1) is 0 Å². The highest BCUT2D eigenvalue weighted by atomic mass is 16.2. The molecule has 20 heavy (non-hydrogen) atoms. The maximum Gasteiger partial charge on any atom is 0.315 e. The zero-order valence-electron chi connectivity index (χ0n) is 13.1. The van der Waals surface area contributed by atoms with Gasteiger partial charge in [-0.05, 0) is 68.7 Å². The van der Waals surface area contributed by atoms with Crippen LogP contribution in [0.25, 0.3) is 0 Å². The number of hydrogen-bond acceptors (Lipinski definition) is 2. The molecular weight excluding hydrogens is 250 g/mol. The SMILES string of the molecule is CC1(C)CCC(CNC(=O)NC2CCC(CN)C2)CC1. The van der Waals surface area contributed by atoms with Gasteiger partial charge in [-0.3, -0.25) is 0 Å². The largest absolute Gasteiger partial charge is 0.338 e. The lowest BCUT2D eigenvalue weighted by Gasteiger charge is -2.34. The zero-order chi connectivity index (χ0) is 14.6. The minimum absolute atomic E-state index is 0.0116. The molecule has 2 rings (SSSR count). The van der Waals surface area contributed by atoms with Crippen molar-refractivity contribution in [1.82, 2.24) is 10.6 Å². The summed E-state index contributed by atoms with van der Waals surface area (Å²) < 4.78 is 0. The van der Waals surface area contributed by atoms with E-state index in [1.807, 2.05) is 0 Å². The molecule has 4 N–H and O–H groups in total. The Kier molecular flexibility index (Phi) is 5.30. The Morgan fingerprint density at radius 1 is 1.15 bits per heavy atom. The summed E-state index contributed by atoms with van der Waals surface area (Å²) in [7, 11) is 0. The van der Waals surface area contributed by atoms with E-state index in [9.17, 15) is 4.79 Å². The van der Waals surface area contributed by atoms with Crippen LogP contribution in [0.3, 0.4) is 0 Å². The van der Waals surface area contributed by atoms with Gasteiger partial charge in [0.2, 0.25) is 0 Å². The van der Waals surface area contributed by atoms with Crippen LogP contribution < -0.4 is 16.4 Å². The third kappa shape index (κ3) is 4.65. The molecule has 0 heterocycles. The molecule has 0 aliphatic heterocycles. The second-order valence-electron chi connectivity index (χ2n) is 7.57. The van der Waals surface area contributed by atoms with Gasteiger partial charge in [-0.2, -0.15) is 0 Å². The van der Waals surface area contributed by atoms with E-state index in [0.717, 1.165) is 32.4 Å². The third-order valence-corrected chi connectivity index (χ3v) is 5.22. The highest BCUT2D eigenvalue weighted by Crippen LogP contribution is 2.37. The van der Waals surface area contributed by atoms with E-state index in [4.69, 9.17) is 5.73 Å². The molecule has 2 fully saturated rings. The second-order valence-corrected chi connectivity index (χ2v) is 7.57. The molecule has 0 bridgehead atoms. The van der Waals surface area contributed by atoms with Gasteiger partial charge in [0.15, 0.2) is 0 Å². The molecule has 2 unspecified atom stereocenters. The number of carbonyl (C=O) groups excluding carboxylic acids is 1. The summed E-state index contributed by atoms with van der Waals surface area (Å²) in [6, 6.07) is 0.339. The van der Waals surface area contributed by atoms with Crippen molar-refractivity contribution in [2.75, 3.05) is 13.1 Å². The Bertz CT molecular complexity index is 320. The normalized spacial score (nSPS) is 30.1. The van der Waals surface area contributed by atoms with Crippen molar-refractivity contribution in [2.24, 2.45) is 23.0 Å². The topological polar surface area (TPSA) is 67.2 Å². The average molecular weight is 281 g/mol. The second kappa shape index (κ2) is 6.79. The van der Waals surface area contributed by atoms with E-state index in [1.165, 1.54) is 25.7 Å². The molecule has 0 aromatic heterocycles. The van der Waals surface area contributed by atoms with Crippen LogP contribution in [0.4, 0.5) is 4.79 Å². The summed E-state index contributed by atoms with van der Waals surface area (Å²) in [4.78, 5) is 11.9. The minimum Gasteiger partial charge on any atom is -0.338 e. The van der Waals surface area contributed by atoms with Gasteiger partial charge in [0.05, 0.1) is 0 Å². The summed E-state index contributed by atoms with van der Waals surface area (Å²) in [6.45, 7) is 6.27. The Balaban J connectivity index is 1.61. The average Bonchev–Trinajstić information content (AvgIpc) is 2.85. The van der Waals surface area contributed by atoms with Crippen molar-refractivity contribution < 1.29 is 4.79 Å². The highest BCUT2D eigenvalue weighted by Gasteiger charge is 2.28. The molecule has 0 spiro atoms. The van der Waals surface area contributed by atoms with E-state index in [-0.39, 0.29) is 6.03 Å². The number of urea groups is 1. The minimum atomic E-state index is 0.0116. The van der Waals surface area contributed by atoms with Crippen molar-refractivity contribution in [3.63, 3.8) is 0 Å². The zero-order valence-corrected chi connectivity index (χ0v) is 13.1. The molecule has 4 nitrogen and oxygen atoms in total. The van der Waals surface area contributed by atoms with Gasteiger partial charge >= 0.3 is 6.03 Å². The van der Waals surface area contributed by atoms with Crippen LogP contribution in [0.2, 0.25) is 0 Å². The van der Waals surface area contributed by atoms with Gasteiger partial charge in [-0.25, -0.2) is 4.79 Å². The van der Waals surface area contributed by atoms with Gasteiger partial charge in [0.1, 0.15) is 0 Å². The number of nitrogens with two attached hydrogens (primary N) is 1. The number of nitrogens with one attached hydrogen (secondary N) is 2. The van der Waals surface area contributed by atoms with E-state index >= 15 is 0 Å². The van der Waals surface area contributed by atoms with E-state index in [2.05, 4.69) is 24.5 Å². The number of rotatable bonds is 4. The van der Waals surface area contributed by atoms with Gasteiger partial charge in [-0.1, -0.05) is 13.8 Å². The molecule has 0 aromatic rings. The van der Waals surface area contributed by atoms with Gasteiger partial charge < -0.3 is 16.4 Å². The Hall–Kier alpha value is -0.770. The van der Waals surface area contributed by atoms with E-state index in [0.29, 0.717) is 23.3 Å². The maximum atomic E-state index is 11.9. The first kappa shape index (κ1) is 15.6. The number of carbonyl (C=O) groups is 1. The molecular formula is C16H31N3O. The lowest BCUT2D eigenvalue weighted by atomic mass is 9.73. The molecule has 0 saturated heterocycles. The predicted molar refractivity (Wildman–Crippen MR) is 82.5 cm³/mol. The van der Waals surface area contributed by atoms with Crippen molar-refractivity contribution >= 4 is 6.03 Å². The first-order chi connectivity index (χ1) is 9.48. The summed E-state index contributed by atoms with van der Waals surface area (Å²) >= 11 is 0. The lowest BCUT2D eigenvalue weighted by molar-refractivity contribution is 0.187. The van der Waals surface area contributed by atoms with Crippen LogP contribution >= 0.6 is 0 Å². The Labute approximate surface area is 123 Å². The third-order valence-electron chi connectivity index (χ3n) is 5.22. The quantitative estimate of drug-likeness (QED) is 0.741. The first-order valence-electron chi connectivity index (χ1n) is 8.23. The molecule has 2 aliphatic rings. The smallest absolute Gasteiger partial charge is 0.315 e. The predicted octanol–water partition coefficient (Wildman–Crippen LogP) is 2.63. The van der Waals surface area contributed by atoms with Crippen LogP contribution in [0.5, 0.6) is 0 Å². The standard InChI is InChI=1S/C16H31N3O/c1-16(2)7-5-12(6-8-16)11-18-15(20)19-14-4-3-13(9-14)10-17/h12-14H,3-11,17H2,1-2H3,(H2,18,19,20). The monoisotopic (exact) mass is 281 g/mol. The highest BCUT2D eigenvalue weighted by molar-refractivity contribution is 5.74. The fourth-order valence-corrected chi connectivity index (χ4v) is 3.56. The molecule has 2 atom stereocenters. The van der Waals surface area contributed by atoms with Gasteiger partial charge in [0.25, 0.3) is 0 Å². The molecule has 116 valence electrons. The van der Waals surface area contributed by atoms with Crippen LogP contribution in [-0.2, 0) is 0 Å². The molecule has 0 radical (unpaired) electrons. The van der Waals surface area contributed by atoms with Crippen LogP contribution in [0.1, 0.15) is 58.8 Å². The molecule has 0 aromatic carbocycles. The Morgan fingerprint density at radius 3 is 2.45 bits per heavy atom. The van der Waals surface area contributed by atoms with Gasteiger partial charge in [0, 0.05) is 12.6 Å². The van der Waals surface area contributed by atoms with Crippen LogP contribution in [0, 0.1) is 17.3 Å². The van der Waals surface area contributed by atoms with Crippen molar-refractivity contribution in [1.29, 1.82) is 0 Å². The molecule has 2 aliphatic carbocycles. The van der Waals surface area contributed by atoms with Crippen LogP contribution in [0.15, 0.2) is 0 Å². The van der Waals surface area contributed by atoms with E-state index in [1.54, 1.807) is 0 Å². The number of amides is 2. The van der Waals surface area contributed by atoms with E-state index < -0.39 is 0 Å². The molecule has 2 saturated carbocycles. The van der Waals surface area contributed by atoms with Crippen molar-refractivity contribution in [3.8, 4) is 0 Å². The maximum absolute atomic E-state index is 11.9. The molecule has 4 heteroatoms. The fourth-order valence-electron chi connectivity index (χ4n) is 3.56. The summed E-state index contributed by atoms with van der Waals surface area (Å²) in [5, 5.41) is 6.15. The molecule has 2 amide bonds. The summed E-state index contributed by atoms with van der Waals surface area (Å²) in [6.07, 6.45) is 8.31. The van der Waals surface area contributed by atoms with Crippen molar-refractivity contribution in [3.05, 3.63) is 0 Å². The summed E-state index contributed by atoms with van der Waals surface area (Å²) in [5.74, 6) is 1.26. The lowest BCUT2D eigenvalue weighted by Crippen LogP contribution is -2.43. The van der Waals surface area contributed by atoms with Crippen LogP contribution in [-0.4, -0.2) is 25.2 Å². The Morgan fingerprint density at radius 2 is 1.85 bits per heavy atom. The fraction of sp³-hybridized carbons (Fsp3) is 0.938.